The molecule has 2 rings (SSSR count). The minimum Gasteiger partial charge on any atom is -0.333 e. The summed E-state index contributed by atoms with van der Waals surface area (Å²) in [5.74, 6) is -1.18. The highest BCUT2D eigenvalue weighted by atomic mass is 19.1. The molecule has 0 bridgehead atoms. The Morgan fingerprint density at radius 2 is 1.95 bits per heavy atom. The molecule has 1 amide bonds. The van der Waals surface area contributed by atoms with Crippen molar-refractivity contribution in [1.82, 2.24) is 4.90 Å². The Morgan fingerprint density at radius 3 is 2.50 bits per heavy atom. The summed E-state index contributed by atoms with van der Waals surface area (Å²) in [5.41, 5.74) is -0.481. The van der Waals surface area contributed by atoms with Gasteiger partial charge in [0.15, 0.2) is 0 Å². The predicted octanol–water partition coefficient (Wildman–Crippen LogP) is 3.92. The van der Waals surface area contributed by atoms with E-state index in [4.69, 9.17) is 0 Å². The third-order valence-corrected chi connectivity index (χ3v) is 4.15. The van der Waals surface area contributed by atoms with Crippen molar-refractivity contribution >= 4 is 11.6 Å². The molecule has 0 saturated heterocycles. The summed E-state index contributed by atoms with van der Waals surface area (Å²) in [5, 5.41) is 10.8. The first-order valence-electron chi connectivity index (χ1n) is 7.68. The second-order valence-corrected chi connectivity index (χ2v) is 6.02. The van der Waals surface area contributed by atoms with Gasteiger partial charge in [-0.1, -0.05) is 19.3 Å². The zero-order valence-electron chi connectivity index (χ0n) is 12.9. The zero-order valence-corrected chi connectivity index (χ0v) is 12.9. The van der Waals surface area contributed by atoms with E-state index < -0.39 is 16.4 Å². The summed E-state index contributed by atoms with van der Waals surface area (Å²) in [6, 6.07) is 3.51. The van der Waals surface area contributed by atoms with Crippen molar-refractivity contribution in [2.45, 2.75) is 58.0 Å². The van der Waals surface area contributed by atoms with Crippen LogP contribution in [0.1, 0.15) is 56.3 Å². The second-order valence-electron chi connectivity index (χ2n) is 6.02. The number of amides is 1. The van der Waals surface area contributed by atoms with Crippen LogP contribution < -0.4 is 0 Å². The quantitative estimate of drug-likeness (QED) is 0.625. The van der Waals surface area contributed by atoms with Crippen LogP contribution in [0.4, 0.5) is 10.1 Å². The molecule has 1 aromatic carbocycles. The van der Waals surface area contributed by atoms with Gasteiger partial charge in [0.2, 0.25) is 5.82 Å². The molecule has 1 aromatic rings. The van der Waals surface area contributed by atoms with Crippen molar-refractivity contribution in [2.75, 3.05) is 0 Å². The van der Waals surface area contributed by atoms with Crippen molar-refractivity contribution in [1.29, 1.82) is 0 Å². The fourth-order valence-electron chi connectivity index (χ4n) is 3.12. The van der Waals surface area contributed by atoms with Crippen LogP contribution in [0.2, 0.25) is 0 Å². The summed E-state index contributed by atoms with van der Waals surface area (Å²) < 4.78 is 13.4. The van der Waals surface area contributed by atoms with Crippen LogP contribution >= 0.6 is 0 Å². The predicted molar refractivity (Wildman–Crippen MR) is 81.2 cm³/mol. The maximum Gasteiger partial charge on any atom is 0.305 e. The monoisotopic (exact) mass is 308 g/mol. The van der Waals surface area contributed by atoms with E-state index in [2.05, 4.69) is 0 Å². The normalized spacial score (nSPS) is 15.8. The highest BCUT2D eigenvalue weighted by molar-refractivity contribution is 5.95. The van der Waals surface area contributed by atoms with Crippen molar-refractivity contribution in [3.63, 3.8) is 0 Å². The first kappa shape index (κ1) is 16.4. The Kier molecular flexibility index (Phi) is 5.11. The molecule has 0 radical (unpaired) electrons. The zero-order chi connectivity index (χ0) is 16.3. The van der Waals surface area contributed by atoms with Crippen molar-refractivity contribution < 1.29 is 14.1 Å². The molecule has 1 aliphatic carbocycles. The van der Waals surface area contributed by atoms with E-state index in [-0.39, 0.29) is 23.6 Å². The van der Waals surface area contributed by atoms with Gasteiger partial charge in [0.1, 0.15) is 0 Å². The molecular weight excluding hydrogens is 287 g/mol. The lowest BCUT2D eigenvalue weighted by atomic mass is 9.92. The van der Waals surface area contributed by atoms with E-state index in [1.165, 1.54) is 12.5 Å². The number of rotatable bonds is 4. The average Bonchev–Trinajstić information content (AvgIpc) is 2.48. The second kappa shape index (κ2) is 6.85. The van der Waals surface area contributed by atoms with Crippen LogP contribution in [0.25, 0.3) is 0 Å². The lowest BCUT2D eigenvalue weighted by Crippen LogP contribution is -2.45. The summed E-state index contributed by atoms with van der Waals surface area (Å²) >= 11 is 0. The van der Waals surface area contributed by atoms with E-state index in [9.17, 15) is 19.3 Å². The van der Waals surface area contributed by atoms with Gasteiger partial charge in [-0.15, -0.1) is 0 Å². The van der Waals surface area contributed by atoms with Crippen molar-refractivity contribution in [2.24, 2.45) is 0 Å². The van der Waals surface area contributed by atoms with Crippen LogP contribution in [0.15, 0.2) is 18.2 Å². The average molecular weight is 308 g/mol. The van der Waals surface area contributed by atoms with E-state index in [0.29, 0.717) is 0 Å². The Bertz CT molecular complexity index is 569. The summed E-state index contributed by atoms with van der Waals surface area (Å²) in [7, 11) is 0. The van der Waals surface area contributed by atoms with Gasteiger partial charge in [-0.2, -0.15) is 4.39 Å². The van der Waals surface area contributed by atoms with Gasteiger partial charge in [0.25, 0.3) is 5.91 Å². The molecule has 5 nitrogen and oxygen atoms in total. The number of benzene rings is 1. The van der Waals surface area contributed by atoms with Crippen molar-refractivity contribution in [3.8, 4) is 0 Å². The molecule has 0 N–H and O–H groups in total. The Hall–Kier alpha value is -1.98. The minimum absolute atomic E-state index is 0.000269. The first-order chi connectivity index (χ1) is 10.4. The van der Waals surface area contributed by atoms with E-state index in [1.54, 1.807) is 4.90 Å². The van der Waals surface area contributed by atoms with Gasteiger partial charge < -0.3 is 4.90 Å². The SMILES string of the molecule is CC(C)N(C(=O)c1ccc(F)c([N+](=O)[O-])c1)C1CCCCC1. The number of nitrogens with zero attached hydrogens (tertiary/aromatic N) is 2. The maximum absolute atomic E-state index is 13.4. The van der Waals surface area contributed by atoms with Gasteiger partial charge in [-0.05, 0) is 38.8 Å². The van der Waals surface area contributed by atoms with Crippen molar-refractivity contribution in [3.05, 3.63) is 39.7 Å². The molecule has 1 saturated carbocycles. The lowest BCUT2D eigenvalue weighted by molar-refractivity contribution is -0.387. The Labute approximate surface area is 129 Å². The topological polar surface area (TPSA) is 63.5 Å². The molecular formula is C16H21FN2O3. The maximum atomic E-state index is 13.4. The fourth-order valence-corrected chi connectivity index (χ4v) is 3.12. The molecule has 22 heavy (non-hydrogen) atoms. The van der Waals surface area contributed by atoms with E-state index in [0.717, 1.165) is 37.8 Å². The molecule has 1 fully saturated rings. The molecule has 0 heterocycles. The van der Waals surface area contributed by atoms with E-state index >= 15 is 0 Å². The number of halogens is 1. The minimum atomic E-state index is -0.921. The van der Waals surface area contributed by atoms with Crippen LogP contribution in [0, 0.1) is 15.9 Å². The summed E-state index contributed by atoms with van der Waals surface area (Å²) in [6.07, 6.45) is 5.26. The van der Waals surface area contributed by atoms with Crippen LogP contribution in [-0.2, 0) is 0 Å². The first-order valence-corrected chi connectivity index (χ1v) is 7.68. The number of nitro benzene ring substituents is 1. The van der Waals surface area contributed by atoms with Crippen LogP contribution in [0.5, 0.6) is 0 Å². The van der Waals surface area contributed by atoms with Gasteiger partial charge in [0.05, 0.1) is 4.92 Å². The highest BCUT2D eigenvalue weighted by Gasteiger charge is 2.29. The number of nitro groups is 1. The van der Waals surface area contributed by atoms with Gasteiger partial charge in [0, 0.05) is 23.7 Å². The standard InChI is InChI=1S/C16H21FN2O3/c1-11(2)18(13-6-4-3-5-7-13)16(20)12-8-9-14(17)15(10-12)19(21)22/h8-11,13H,3-7H2,1-2H3. The highest BCUT2D eigenvalue weighted by Crippen LogP contribution is 2.27. The molecule has 1 aliphatic rings. The smallest absolute Gasteiger partial charge is 0.305 e. The molecule has 0 spiro atoms. The third-order valence-electron chi connectivity index (χ3n) is 4.15. The Morgan fingerprint density at radius 1 is 1.32 bits per heavy atom. The van der Waals surface area contributed by atoms with Gasteiger partial charge in [-0.3, -0.25) is 14.9 Å². The number of carbonyl (C=O) groups is 1. The molecule has 0 unspecified atom stereocenters. The number of hydrogen-bond donors (Lipinski definition) is 0. The largest absolute Gasteiger partial charge is 0.333 e. The fraction of sp³-hybridized carbons (Fsp3) is 0.562. The lowest BCUT2D eigenvalue weighted by Gasteiger charge is -2.37. The molecule has 0 aromatic heterocycles. The third kappa shape index (κ3) is 3.43. The van der Waals surface area contributed by atoms with Gasteiger partial charge in [-0.25, -0.2) is 0 Å². The molecule has 0 atom stereocenters. The molecule has 6 heteroatoms. The number of carbonyl (C=O) groups excluding carboxylic acids is 1. The van der Waals surface area contributed by atoms with Gasteiger partial charge >= 0.3 is 5.69 Å². The Balaban J connectivity index is 2.30. The van der Waals surface area contributed by atoms with E-state index in [1.807, 2.05) is 13.8 Å². The van der Waals surface area contributed by atoms with Crippen LogP contribution in [-0.4, -0.2) is 27.8 Å². The molecule has 120 valence electrons. The van der Waals surface area contributed by atoms with Crippen LogP contribution in [0.3, 0.4) is 0 Å². The summed E-state index contributed by atoms with van der Waals surface area (Å²) in [4.78, 5) is 24.6. The number of hydrogen-bond acceptors (Lipinski definition) is 3. The molecule has 0 aliphatic heterocycles. The summed E-state index contributed by atoms with van der Waals surface area (Å²) in [6.45, 7) is 3.87.